The molecule has 268 valence electrons. The summed E-state index contributed by atoms with van der Waals surface area (Å²) < 4.78 is 17.2. The van der Waals surface area contributed by atoms with E-state index in [-0.39, 0.29) is 30.2 Å². The number of rotatable bonds is 6. The van der Waals surface area contributed by atoms with E-state index in [1.165, 1.54) is 35.5 Å². The molecule has 15 heteroatoms. The number of benzene rings is 2. The fourth-order valence-electron chi connectivity index (χ4n) is 8.24. The van der Waals surface area contributed by atoms with E-state index in [4.69, 9.17) is 26.2 Å². The summed E-state index contributed by atoms with van der Waals surface area (Å²) in [6, 6.07) is 10.1. The van der Waals surface area contributed by atoms with Gasteiger partial charge in [0.2, 0.25) is 17.6 Å². The number of aromatic nitrogens is 5. The summed E-state index contributed by atoms with van der Waals surface area (Å²) in [5.74, 6) is -1.74. The molecule has 0 unspecified atom stereocenters. The second kappa shape index (κ2) is 11.9. The van der Waals surface area contributed by atoms with E-state index in [1.807, 2.05) is 37.3 Å². The van der Waals surface area contributed by atoms with Crippen LogP contribution in [0.4, 0.5) is 5.82 Å². The Hall–Kier alpha value is -5.34. The number of fused-ring (bicyclic) bond motifs is 5. The van der Waals surface area contributed by atoms with Crippen molar-refractivity contribution in [2.75, 3.05) is 19.1 Å². The van der Waals surface area contributed by atoms with Gasteiger partial charge < -0.3 is 14.6 Å². The number of hydrogen-bond acceptors (Lipinski definition) is 9. The lowest BCUT2D eigenvalue weighted by Gasteiger charge is -2.45. The number of thiophene rings is 1. The summed E-state index contributed by atoms with van der Waals surface area (Å²) >= 11 is 7.85. The molecule has 3 aromatic heterocycles. The van der Waals surface area contributed by atoms with E-state index >= 15 is 0 Å². The van der Waals surface area contributed by atoms with E-state index in [9.17, 15) is 24.3 Å². The average molecular weight is 743 g/mol. The lowest BCUT2D eigenvalue weighted by molar-refractivity contribution is -0.129. The van der Waals surface area contributed by atoms with Gasteiger partial charge in [-0.3, -0.25) is 14.3 Å². The minimum atomic E-state index is -1.27. The molecule has 1 saturated heterocycles. The normalized spacial score (nSPS) is 22.6. The zero-order valence-electron chi connectivity index (χ0n) is 29.2. The Kier molecular flexibility index (Phi) is 7.70. The fourth-order valence-corrected chi connectivity index (χ4v) is 9.56. The minimum Gasteiger partial charge on any atom is -0.502 e. The molecule has 52 heavy (non-hydrogen) atoms. The highest BCUT2D eigenvalue weighted by Crippen LogP contribution is 2.58. The number of nitrogens with zero attached hydrogens (tertiary/aromatic N) is 6. The van der Waals surface area contributed by atoms with Crippen molar-refractivity contribution < 1.29 is 24.2 Å². The van der Waals surface area contributed by atoms with Gasteiger partial charge in [-0.05, 0) is 72.7 Å². The van der Waals surface area contributed by atoms with Crippen LogP contribution in [0.1, 0.15) is 30.5 Å². The summed E-state index contributed by atoms with van der Waals surface area (Å²) in [7, 11) is 6.00. The minimum absolute atomic E-state index is 0.128. The van der Waals surface area contributed by atoms with Crippen LogP contribution < -0.4 is 25.8 Å². The Morgan fingerprint density at radius 2 is 1.75 bits per heavy atom. The smallest absolute Gasteiger partial charge is 0.347 e. The number of aryl methyl sites for hydroxylation is 2. The molecular formula is C37H35ClN6O7S. The first-order valence-electron chi connectivity index (χ1n) is 16.6. The summed E-state index contributed by atoms with van der Waals surface area (Å²) in [4.78, 5) is 58.2. The maximum Gasteiger partial charge on any atom is 0.347 e. The van der Waals surface area contributed by atoms with Crippen LogP contribution >= 0.6 is 22.9 Å². The van der Waals surface area contributed by atoms with Gasteiger partial charge in [0.25, 0.3) is 0 Å². The molecule has 2 fully saturated rings. The standard InChI is InChI=1S/C37H35ClN6O7S/c1-18-22-15-20(38)8-10-29(22)52-32(18)25-17-30(41(4)39-25)43-33(46)24-16-26-21(11-12-42-35(48)40(3)36(49)44(26)42)23(37(24,2)34(43)47)9-7-19-13-27(50-5)31(45)28(14-19)51-6/h7-11,13-15,17,23-24,26,45H,12,16H2,1-6H3/t23-,24-,26+,37-/m0/s1. The third-order valence-electron chi connectivity index (χ3n) is 11.0. The zero-order valence-corrected chi connectivity index (χ0v) is 30.8. The molecule has 5 heterocycles. The highest BCUT2D eigenvalue weighted by atomic mass is 35.5. The molecule has 0 bridgehead atoms. The first-order valence-corrected chi connectivity index (χ1v) is 17.8. The Morgan fingerprint density at radius 3 is 2.44 bits per heavy atom. The van der Waals surface area contributed by atoms with Gasteiger partial charge in [0.1, 0.15) is 11.5 Å². The van der Waals surface area contributed by atoms with Crippen LogP contribution in [0.2, 0.25) is 5.02 Å². The second-order valence-electron chi connectivity index (χ2n) is 13.6. The highest BCUT2D eigenvalue weighted by molar-refractivity contribution is 7.22. The number of imide groups is 1. The number of aromatic hydroxyl groups is 1. The van der Waals surface area contributed by atoms with Crippen LogP contribution in [0.3, 0.4) is 0 Å². The van der Waals surface area contributed by atoms with Gasteiger partial charge in [-0.15, -0.1) is 11.3 Å². The van der Waals surface area contributed by atoms with Crippen LogP contribution in [0, 0.1) is 24.2 Å². The van der Waals surface area contributed by atoms with Crippen molar-refractivity contribution in [2.45, 2.75) is 32.9 Å². The molecule has 2 aliphatic heterocycles. The first-order chi connectivity index (χ1) is 24.8. The number of halogens is 1. The van der Waals surface area contributed by atoms with Crippen molar-refractivity contribution in [3.05, 3.63) is 91.2 Å². The number of amides is 2. The SMILES string of the molecule is COc1cc(C=C[C@H]2C3=CCn4c(=O)n(C)c(=O)n4[C@@H]3C[C@H]3C(=O)N(c4cc(-c5sc6ccc(Cl)cc6c5C)nn4C)C(=O)[C@@]23C)cc(OC)c1O. The van der Waals surface area contributed by atoms with E-state index in [0.29, 0.717) is 22.1 Å². The van der Waals surface area contributed by atoms with Crippen LogP contribution in [0.25, 0.3) is 26.7 Å². The number of carbonyl (C=O) groups is 2. The number of allylic oxidation sites excluding steroid dienone is 3. The molecule has 1 aliphatic carbocycles. The van der Waals surface area contributed by atoms with Crippen LogP contribution in [-0.2, 0) is 30.2 Å². The summed E-state index contributed by atoms with van der Waals surface area (Å²) in [5, 5.41) is 16.9. The summed E-state index contributed by atoms with van der Waals surface area (Å²) in [6.45, 7) is 3.93. The summed E-state index contributed by atoms with van der Waals surface area (Å²) in [5.41, 5.74) is 0.769. The van der Waals surface area contributed by atoms with Crippen LogP contribution in [0.5, 0.6) is 17.2 Å². The highest BCUT2D eigenvalue weighted by Gasteiger charge is 2.65. The molecule has 8 rings (SSSR count). The Labute approximate surface area is 306 Å². The first kappa shape index (κ1) is 33.8. The maximum atomic E-state index is 14.9. The van der Waals surface area contributed by atoms with E-state index in [1.54, 1.807) is 54.3 Å². The van der Waals surface area contributed by atoms with Gasteiger partial charge in [-0.2, -0.15) is 5.10 Å². The number of phenols is 1. The lowest BCUT2D eigenvalue weighted by Crippen LogP contribution is -2.49. The lowest BCUT2D eigenvalue weighted by atomic mass is 9.58. The molecular weight excluding hydrogens is 708 g/mol. The van der Waals surface area contributed by atoms with Crippen molar-refractivity contribution in [1.29, 1.82) is 0 Å². The molecule has 2 aromatic carbocycles. The molecule has 13 nitrogen and oxygen atoms in total. The zero-order chi connectivity index (χ0) is 37.0. The van der Waals surface area contributed by atoms with Crippen molar-refractivity contribution in [1.82, 2.24) is 23.7 Å². The van der Waals surface area contributed by atoms with Crippen molar-refractivity contribution in [2.24, 2.45) is 31.3 Å². The Balaban J connectivity index is 1.26. The number of ether oxygens (including phenoxy) is 2. The van der Waals surface area contributed by atoms with Gasteiger partial charge in [0, 0.05) is 35.8 Å². The second-order valence-corrected chi connectivity index (χ2v) is 15.1. The molecule has 1 saturated carbocycles. The van der Waals surface area contributed by atoms with E-state index < -0.39 is 46.5 Å². The fraction of sp³-hybridized carbons (Fsp3) is 0.324. The van der Waals surface area contributed by atoms with Gasteiger partial charge in [-0.1, -0.05) is 29.8 Å². The third kappa shape index (κ3) is 4.63. The number of phenolic OH excluding ortho intramolecular Hbond substituents is 1. The van der Waals surface area contributed by atoms with E-state index in [2.05, 4.69) is 0 Å². The van der Waals surface area contributed by atoms with Gasteiger partial charge in [-0.25, -0.2) is 28.4 Å². The molecule has 1 N–H and O–H groups in total. The van der Waals surface area contributed by atoms with Gasteiger partial charge >= 0.3 is 11.4 Å². The topological polar surface area (TPSA) is 143 Å². The van der Waals surface area contributed by atoms with Crippen molar-refractivity contribution in [3.8, 4) is 27.8 Å². The molecule has 3 aliphatic rings. The molecule has 5 aromatic rings. The van der Waals surface area contributed by atoms with Crippen molar-refractivity contribution >= 4 is 56.7 Å². The predicted octanol–water partition coefficient (Wildman–Crippen LogP) is 5.06. The van der Waals surface area contributed by atoms with Gasteiger partial charge in [0.05, 0.1) is 43.0 Å². The molecule has 4 atom stereocenters. The summed E-state index contributed by atoms with van der Waals surface area (Å²) in [6.07, 6.45) is 5.67. The van der Waals surface area contributed by atoms with Gasteiger partial charge in [0.15, 0.2) is 11.5 Å². The van der Waals surface area contributed by atoms with Crippen molar-refractivity contribution in [3.63, 3.8) is 0 Å². The quantitative estimate of drug-likeness (QED) is 0.188. The largest absolute Gasteiger partial charge is 0.502 e. The molecule has 2 amide bonds. The Bertz CT molecular complexity index is 2530. The van der Waals surface area contributed by atoms with Crippen LogP contribution in [-0.4, -0.2) is 54.9 Å². The predicted molar refractivity (Wildman–Crippen MR) is 197 cm³/mol. The number of methoxy groups -OCH3 is 2. The number of carbonyl (C=O) groups excluding carboxylic acids is 2. The molecule has 0 spiro atoms. The molecule has 0 radical (unpaired) electrons. The average Bonchev–Trinajstić information content (AvgIpc) is 3.79. The monoisotopic (exact) mass is 742 g/mol. The Morgan fingerprint density at radius 1 is 1.04 bits per heavy atom. The number of hydrogen-bond donors (Lipinski definition) is 1. The van der Waals surface area contributed by atoms with E-state index in [0.717, 1.165) is 30.7 Å². The van der Waals surface area contributed by atoms with Crippen LogP contribution in [0.15, 0.2) is 63.7 Å². The third-order valence-corrected chi connectivity index (χ3v) is 12.5. The maximum absolute atomic E-state index is 14.9. The number of anilines is 1.